The Morgan fingerprint density at radius 3 is 2.54 bits per heavy atom. The number of benzene rings is 1. The highest BCUT2D eigenvalue weighted by Gasteiger charge is 2.51. The van der Waals surface area contributed by atoms with E-state index in [4.69, 9.17) is 14.0 Å². The number of hydrogen-bond acceptors (Lipinski definition) is 5. The molecule has 0 bridgehead atoms. The lowest BCUT2D eigenvalue weighted by Crippen LogP contribution is -2.41. The smallest absolute Gasteiger partial charge is 0.467 e. The third-order valence-electron chi connectivity index (χ3n) is 5.45. The molecule has 0 radical (unpaired) electrons. The van der Waals surface area contributed by atoms with E-state index in [0.717, 1.165) is 30.5 Å². The van der Waals surface area contributed by atoms with Gasteiger partial charge in [-0.05, 0) is 58.1 Å². The molecule has 1 atom stereocenters. The van der Waals surface area contributed by atoms with Crippen LogP contribution in [0, 0.1) is 0 Å². The molecule has 6 heteroatoms. The van der Waals surface area contributed by atoms with Crippen molar-refractivity contribution in [3.8, 4) is 0 Å². The van der Waals surface area contributed by atoms with Crippen molar-refractivity contribution in [3.63, 3.8) is 0 Å². The molecule has 2 aliphatic rings. The lowest BCUT2D eigenvalue weighted by atomic mass is 9.79. The molecule has 2 aliphatic heterocycles. The summed E-state index contributed by atoms with van der Waals surface area (Å²) in [5.74, 6) is -0.173. The van der Waals surface area contributed by atoms with Gasteiger partial charge in [0.1, 0.15) is 6.04 Å². The van der Waals surface area contributed by atoms with E-state index in [2.05, 4.69) is 11.0 Å². The molecule has 24 heavy (non-hydrogen) atoms. The number of ether oxygens (including phenoxy) is 1. The topological polar surface area (TPSA) is 48.0 Å². The second kappa shape index (κ2) is 6.08. The Morgan fingerprint density at radius 2 is 1.92 bits per heavy atom. The normalized spacial score (nSPS) is 25.1. The maximum absolute atomic E-state index is 12.0. The van der Waals surface area contributed by atoms with Gasteiger partial charge in [-0.25, -0.2) is 4.79 Å². The van der Waals surface area contributed by atoms with Crippen molar-refractivity contribution >= 4 is 24.2 Å². The van der Waals surface area contributed by atoms with E-state index in [1.807, 2.05) is 45.9 Å². The number of anilines is 1. The lowest BCUT2D eigenvalue weighted by Gasteiger charge is -2.32. The summed E-state index contributed by atoms with van der Waals surface area (Å²) in [5.41, 5.74) is 1.25. The molecule has 1 aromatic rings. The van der Waals surface area contributed by atoms with Gasteiger partial charge < -0.3 is 18.9 Å². The minimum Gasteiger partial charge on any atom is -0.467 e. The first kappa shape index (κ1) is 17.3. The van der Waals surface area contributed by atoms with Gasteiger partial charge in [0.2, 0.25) is 0 Å². The van der Waals surface area contributed by atoms with Gasteiger partial charge in [0.15, 0.2) is 0 Å². The molecule has 0 amide bonds. The number of esters is 1. The third-order valence-corrected chi connectivity index (χ3v) is 5.45. The van der Waals surface area contributed by atoms with Crippen LogP contribution >= 0.6 is 0 Å². The van der Waals surface area contributed by atoms with Crippen LogP contribution in [0.25, 0.3) is 0 Å². The first-order chi connectivity index (χ1) is 11.2. The Morgan fingerprint density at radius 1 is 1.25 bits per heavy atom. The highest BCUT2D eigenvalue weighted by Crippen LogP contribution is 2.36. The molecule has 0 unspecified atom stereocenters. The van der Waals surface area contributed by atoms with Gasteiger partial charge in [0.05, 0.1) is 18.3 Å². The summed E-state index contributed by atoms with van der Waals surface area (Å²) in [6.07, 6.45) is 1.81. The molecule has 1 aromatic carbocycles. The molecular formula is C18H26BNO4. The zero-order valence-electron chi connectivity index (χ0n) is 15.2. The first-order valence-corrected chi connectivity index (χ1v) is 8.55. The zero-order valence-corrected chi connectivity index (χ0v) is 15.2. The summed E-state index contributed by atoms with van der Waals surface area (Å²) in [4.78, 5) is 14.1. The fourth-order valence-electron chi connectivity index (χ4n) is 3.29. The standard InChI is InChI=1S/C18H26BNO4/c1-17(2)18(3,4)24-19(23-17)13-8-6-9-14(12-13)20-11-7-10-15(20)16(21)22-5/h6,8-9,12,15H,7,10-11H2,1-5H3/t15-/m1/s1. The minimum absolute atomic E-state index is 0.173. The van der Waals surface area contributed by atoms with Gasteiger partial charge in [-0.2, -0.15) is 0 Å². The molecule has 2 heterocycles. The van der Waals surface area contributed by atoms with Crippen molar-refractivity contribution in [1.82, 2.24) is 0 Å². The number of carbonyl (C=O) groups is 1. The monoisotopic (exact) mass is 331 g/mol. The summed E-state index contributed by atoms with van der Waals surface area (Å²) >= 11 is 0. The van der Waals surface area contributed by atoms with E-state index in [1.165, 1.54) is 7.11 Å². The van der Waals surface area contributed by atoms with Gasteiger partial charge in [-0.3, -0.25) is 0 Å². The minimum atomic E-state index is -0.394. The van der Waals surface area contributed by atoms with E-state index in [1.54, 1.807) is 0 Å². The molecule has 5 nitrogen and oxygen atoms in total. The zero-order chi connectivity index (χ0) is 17.5. The van der Waals surface area contributed by atoms with Crippen molar-refractivity contribution in [1.29, 1.82) is 0 Å². The van der Waals surface area contributed by atoms with Crippen LogP contribution < -0.4 is 10.4 Å². The van der Waals surface area contributed by atoms with Gasteiger partial charge in [0.25, 0.3) is 0 Å². The Labute approximate surface area is 144 Å². The van der Waals surface area contributed by atoms with Crippen LogP contribution in [0.4, 0.5) is 5.69 Å². The van der Waals surface area contributed by atoms with Crippen LogP contribution in [-0.4, -0.2) is 44.0 Å². The second-order valence-corrected chi connectivity index (χ2v) is 7.56. The van der Waals surface area contributed by atoms with Crippen LogP contribution in [0.2, 0.25) is 0 Å². The number of rotatable bonds is 3. The Bertz CT molecular complexity index is 615. The van der Waals surface area contributed by atoms with Crippen molar-refractivity contribution in [2.45, 2.75) is 57.8 Å². The summed E-state index contributed by atoms with van der Waals surface area (Å²) in [6, 6.07) is 7.87. The highest BCUT2D eigenvalue weighted by atomic mass is 16.7. The quantitative estimate of drug-likeness (QED) is 0.627. The first-order valence-electron chi connectivity index (χ1n) is 8.55. The molecule has 0 spiro atoms. The molecule has 130 valence electrons. The molecule has 3 rings (SSSR count). The molecule has 0 aromatic heterocycles. The number of carbonyl (C=O) groups excluding carboxylic acids is 1. The summed E-state index contributed by atoms with van der Waals surface area (Å²) in [7, 11) is 1.05. The van der Waals surface area contributed by atoms with Crippen LogP contribution in [0.15, 0.2) is 24.3 Å². The summed E-state index contributed by atoms with van der Waals surface area (Å²) in [6.45, 7) is 9.04. The molecule has 0 aliphatic carbocycles. The van der Waals surface area contributed by atoms with Gasteiger partial charge >= 0.3 is 13.1 Å². The van der Waals surface area contributed by atoms with Crippen LogP contribution in [0.5, 0.6) is 0 Å². The van der Waals surface area contributed by atoms with E-state index in [-0.39, 0.29) is 23.2 Å². The second-order valence-electron chi connectivity index (χ2n) is 7.56. The predicted molar refractivity (Wildman–Crippen MR) is 94.5 cm³/mol. The fourth-order valence-corrected chi connectivity index (χ4v) is 3.29. The lowest BCUT2D eigenvalue weighted by molar-refractivity contribution is -0.141. The molecule has 0 N–H and O–H groups in total. The number of nitrogens with zero attached hydrogens (tertiary/aromatic N) is 1. The van der Waals surface area contributed by atoms with Gasteiger partial charge in [0, 0.05) is 12.2 Å². The van der Waals surface area contributed by atoms with Crippen molar-refractivity contribution in [3.05, 3.63) is 24.3 Å². The summed E-state index contributed by atoms with van der Waals surface area (Å²) < 4.78 is 17.2. The van der Waals surface area contributed by atoms with Crippen LogP contribution in [0.3, 0.4) is 0 Å². The van der Waals surface area contributed by atoms with Crippen molar-refractivity contribution in [2.75, 3.05) is 18.6 Å². The fraction of sp³-hybridized carbons (Fsp3) is 0.611. The SMILES string of the molecule is COC(=O)[C@H]1CCCN1c1cccc(B2OC(C)(C)C(C)(C)O2)c1. The van der Waals surface area contributed by atoms with Gasteiger partial charge in [-0.1, -0.05) is 12.1 Å². The van der Waals surface area contributed by atoms with E-state index in [0.29, 0.717) is 0 Å². The number of methoxy groups -OCH3 is 1. The van der Waals surface area contributed by atoms with E-state index in [9.17, 15) is 4.79 Å². The van der Waals surface area contributed by atoms with E-state index >= 15 is 0 Å². The number of hydrogen-bond donors (Lipinski definition) is 0. The van der Waals surface area contributed by atoms with Crippen LogP contribution in [-0.2, 0) is 18.8 Å². The van der Waals surface area contributed by atoms with Crippen molar-refractivity contribution < 1.29 is 18.8 Å². The molecule has 0 saturated carbocycles. The third kappa shape index (κ3) is 2.93. The van der Waals surface area contributed by atoms with E-state index < -0.39 is 7.12 Å². The van der Waals surface area contributed by atoms with Crippen molar-refractivity contribution in [2.24, 2.45) is 0 Å². The van der Waals surface area contributed by atoms with Crippen LogP contribution in [0.1, 0.15) is 40.5 Å². The average Bonchev–Trinajstić information content (AvgIpc) is 3.10. The largest absolute Gasteiger partial charge is 0.494 e. The van der Waals surface area contributed by atoms with Gasteiger partial charge in [-0.15, -0.1) is 0 Å². The average molecular weight is 331 g/mol. The Hall–Kier alpha value is -1.53. The molecule has 2 fully saturated rings. The molecular weight excluding hydrogens is 305 g/mol. The maximum atomic E-state index is 12.0. The Balaban J connectivity index is 1.84. The maximum Gasteiger partial charge on any atom is 0.494 e. The predicted octanol–water partition coefficient (Wildman–Crippen LogP) is 2.13. The summed E-state index contributed by atoms with van der Waals surface area (Å²) in [5, 5.41) is 0. The molecule has 2 saturated heterocycles. The Kier molecular flexibility index (Phi) is 4.38. The highest BCUT2D eigenvalue weighted by molar-refractivity contribution is 6.62.